The SMILES string of the molecule is C=Cc1cc(Nc2ncc(Br)c(Nc3ccc4nccnc4c3N(C)SC)n2)c(C(F)(F)F)cc1N1CCC(N2CCN(C)CC2)CC1. The predicted molar refractivity (Wildman–Crippen MR) is 194 cm³/mol. The molecule has 0 aliphatic carbocycles. The summed E-state index contributed by atoms with van der Waals surface area (Å²) in [6.45, 7) is 9.43. The van der Waals surface area contributed by atoms with E-state index in [1.165, 1.54) is 30.3 Å². The number of alkyl halides is 3. The number of likely N-dealkylation sites (N-methyl/N-ethyl adjacent to an activating group) is 1. The Balaban J connectivity index is 1.27. The van der Waals surface area contributed by atoms with Crippen LogP contribution in [-0.2, 0) is 6.18 Å². The molecule has 2 aromatic heterocycles. The maximum Gasteiger partial charge on any atom is 0.418 e. The number of hydrogen-bond donors (Lipinski definition) is 2. The Labute approximate surface area is 291 Å². The van der Waals surface area contributed by atoms with Gasteiger partial charge in [0, 0.05) is 82.9 Å². The summed E-state index contributed by atoms with van der Waals surface area (Å²) in [5.74, 6) is 0.367. The van der Waals surface area contributed by atoms with Crippen molar-refractivity contribution in [2.24, 2.45) is 0 Å². The first kappa shape index (κ1) is 34.2. The molecule has 0 radical (unpaired) electrons. The fraction of sp³-hybridized carbons (Fsp3) is 0.394. The lowest BCUT2D eigenvalue weighted by Crippen LogP contribution is -2.52. The molecule has 4 heterocycles. The zero-order valence-electron chi connectivity index (χ0n) is 27.1. The molecule has 0 saturated carbocycles. The fourth-order valence-electron chi connectivity index (χ4n) is 6.34. The van der Waals surface area contributed by atoms with E-state index < -0.39 is 11.7 Å². The molecule has 2 aliphatic heterocycles. The molecule has 0 spiro atoms. The summed E-state index contributed by atoms with van der Waals surface area (Å²) in [6, 6.07) is 6.88. The third-order valence-electron chi connectivity index (χ3n) is 9.00. The molecule has 2 aromatic carbocycles. The van der Waals surface area contributed by atoms with E-state index in [1.54, 1.807) is 18.5 Å². The minimum atomic E-state index is -4.62. The minimum absolute atomic E-state index is 0.00213. The van der Waals surface area contributed by atoms with Gasteiger partial charge < -0.3 is 24.7 Å². The first-order valence-corrected chi connectivity index (χ1v) is 17.7. The zero-order valence-corrected chi connectivity index (χ0v) is 29.5. The molecule has 0 bridgehead atoms. The Morgan fingerprint density at radius 1 is 1.00 bits per heavy atom. The van der Waals surface area contributed by atoms with Crippen molar-refractivity contribution in [2.75, 3.05) is 79.5 Å². The highest BCUT2D eigenvalue weighted by atomic mass is 79.9. The molecule has 4 aromatic rings. The van der Waals surface area contributed by atoms with E-state index in [0.29, 0.717) is 51.9 Å². The van der Waals surface area contributed by atoms with Crippen molar-refractivity contribution in [1.82, 2.24) is 29.7 Å². The summed E-state index contributed by atoms with van der Waals surface area (Å²) >= 11 is 4.99. The molecule has 6 rings (SSSR count). The molecule has 10 nitrogen and oxygen atoms in total. The standard InChI is InChI=1S/C33H38BrF3N10S/c1-5-21-18-27(23(33(35,36)37)19-28(21)47-12-8-22(9-13-47)46-16-14-44(2)15-17-46)42-32-40-20-24(34)31(43-32)41-26-7-6-25-29(39-11-10-38-25)30(26)45(3)48-4/h5-7,10-11,18-20,22H,1,8-9,12-17H2,2-4H3,(H2,40,41,42,43). The van der Waals surface area contributed by atoms with Crippen molar-refractivity contribution in [1.29, 1.82) is 0 Å². The van der Waals surface area contributed by atoms with Crippen LogP contribution in [0.4, 0.5) is 47.7 Å². The molecule has 0 atom stereocenters. The van der Waals surface area contributed by atoms with E-state index in [0.717, 1.165) is 50.2 Å². The average Bonchev–Trinajstić information content (AvgIpc) is 3.09. The van der Waals surface area contributed by atoms with Gasteiger partial charge in [-0.15, -0.1) is 0 Å². The topological polar surface area (TPSA) is 88.6 Å². The highest BCUT2D eigenvalue weighted by Crippen LogP contribution is 2.42. The maximum atomic E-state index is 14.6. The minimum Gasteiger partial charge on any atom is -0.371 e. The van der Waals surface area contributed by atoms with Crippen LogP contribution in [0.15, 0.2) is 53.9 Å². The second-order valence-corrected chi connectivity index (χ2v) is 13.7. The first-order valence-electron chi connectivity index (χ1n) is 15.7. The molecule has 2 fully saturated rings. The van der Waals surface area contributed by atoms with Crippen LogP contribution in [0.25, 0.3) is 17.1 Å². The van der Waals surface area contributed by atoms with E-state index in [1.807, 2.05) is 29.7 Å². The normalized spacial score (nSPS) is 16.7. The highest BCUT2D eigenvalue weighted by molar-refractivity contribution is 9.10. The molecule has 2 saturated heterocycles. The van der Waals surface area contributed by atoms with Crippen molar-refractivity contribution in [3.8, 4) is 0 Å². The summed E-state index contributed by atoms with van der Waals surface area (Å²) in [4.78, 5) is 24.7. The van der Waals surface area contributed by atoms with Crippen molar-refractivity contribution < 1.29 is 13.2 Å². The summed E-state index contributed by atoms with van der Waals surface area (Å²) < 4.78 is 46.3. The van der Waals surface area contributed by atoms with Crippen LogP contribution < -0.4 is 19.8 Å². The second-order valence-electron chi connectivity index (χ2n) is 11.9. The van der Waals surface area contributed by atoms with E-state index in [9.17, 15) is 13.2 Å². The second kappa shape index (κ2) is 14.4. The number of benzene rings is 2. The molecular formula is C33H38BrF3N10S. The van der Waals surface area contributed by atoms with Gasteiger partial charge in [0.1, 0.15) is 11.3 Å². The predicted octanol–water partition coefficient (Wildman–Crippen LogP) is 7.26. The number of piperidine rings is 1. The van der Waals surface area contributed by atoms with Crippen LogP contribution in [0.2, 0.25) is 0 Å². The lowest BCUT2D eigenvalue weighted by Gasteiger charge is -2.43. The summed E-state index contributed by atoms with van der Waals surface area (Å²) in [7, 11) is 4.05. The third kappa shape index (κ3) is 7.33. The number of nitrogens with one attached hydrogen (secondary N) is 2. The molecular weight excluding hydrogens is 705 g/mol. The van der Waals surface area contributed by atoms with Crippen molar-refractivity contribution in [2.45, 2.75) is 25.1 Å². The molecule has 0 amide bonds. The van der Waals surface area contributed by atoms with Gasteiger partial charge in [0.05, 0.1) is 32.6 Å². The number of fused-ring (bicyclic) bond motifs is 1. The molecule has 254 valence electrons. The Bertz CT molecular complexity index is 1780. The molecule has 48 heavy (non-hydrogen) atoms. The van der Waals surface area contributed by atoms with E-state index in [2.05, 4.69) is 74.8 Å². The van der Waals surface area contributed by atoms with E-state index >= 15 is 0 Å². The monoisotopic (exact) mass is 742 g/mol. The van der Waals surface area contributed by atoms with Crippen molar-refractivity contribution in [3.63, 3.8) is 0 Å². The summed E-state index contributed by atoms with van der Waals surface area (Å²) in [5.41, 5.74) is 3.10. The van der Waals surface area contributed by atoms with E-state index in [4.69, 9.17) is 0 Å². The molecule has 15 heteroatoms. The van der Waals surface area contributed by atoms with Crippen LogP contribution in [0.1, 0.15) is 24.0 Å². The lowest BCUT2D eigenvalue weighted by molar-refractivity contribution is -0.136. The van der Waals surface area contributed by atoms with Gasteiger partial charge in [0.2, 0.25) is 5.95 Å². The quantitative estimate of drug-likeness (QED) is 0.170. The maximum absolute atomic E-state index is 14.6. The Hall–Kier alpha value is -3.66. The summed E-state index contributed by atoms with van der Waals surface area (Å²) in [6.07, 6.45) is 5.50. The van der Waals surface area contributed by atoms with Crippen molar-refractivity contribution >= 4 is 79.5 Å². The fourth-order valence-corrected chi connectivity index (χ4v) is 6.99. The van der Waals surface area contributed by atoms with Gasteiger partial charge in [0.15, 0.2) is 0 Å². The number of hydrogen-bond acceptors (Lipinski definition) is 11. The van der Waals surface area contributed by atoms with Gasteiger partial charge in [-0.3, -0.25) is 14.9 Å². The zero-order chi connectivity index (χ0) is 34.0. The first-order chi connectivity index (χ1) is 23.0. The number of aromatic nitrogens is 4. The van der Waals surface area contributed by atoms with Gasteiger partial charge in [0.25, 0.3) is 0 Å². The van der Waals surface area contributed by atoms with Gasteiger partial charge in [-0.05, 0) is 65.6 Å². The Morgan fingerprint density at radius 2 is 1.73 bits per heavy atom. The lowest BCUT2D eigenvalue weighted by atomic mass is 9.99. The number of anilines is 6. The summed E-state index contributed by atoms with van der Waals surface area (Å²) in [5, 5.41) is 6.16. The van der Waals surface area contributed by atoms with Gasteiger partial charge in [-0.1, -0.05) is 24.6 Å². The van der Waals surface area contributed by atoms with Gasteiger partial charge in [-0.25, -0.2) is 4.98 Å². The van der Waals surface area contributed by atoms with E-state index in [-0.39, 0.29) is 11.6 Å². The van der Waals surface area contributed by atoms with Gasteiger partial charge in [-0.2, -0.15) is 18.2 Å². The molecule has 2 aliphatic rings. The highest BCUT2D eigenvalue weighted by Gasteiger charge is 2.36. The van der Waals surface area contributed by atoms with Gasteiger partial charge >= 0.3 is 6.18 Å². The largest absolute Gasteiger partial charge is 0.418 e. The van der Waals surface area contributed by atoms with Crippen LogP contribution >= 0.6 is 27.9 Å². The van der Waals surface area contributed by atoms with Crippen molar-refractivity contribution in [3.05, 3.63) is 65.0 Å². The number of rotatable bonds is 9. The third-order valence-corrected chi connectivity index (χ3v) is 10.3. The molecule has 0 unspecified atom stereocenters. The van der Waals surface area contributed by atoms with Crippen LogP contribution in [0.3, 0.4) is 0 Å². The Kier molecular flexibility index (Phi) is 10.3. The van der Waals surface area contributed by atoms with Crippen LogP contribution in [-0.4, -0.2) is 95.4 Å². The van der Waals surface area contributed by atoms with Crippen LogP contribution in [0.5, 0.6) is 0 Å². The smallest absolute Gasteiger partial charge is 0.371 e. The molecule has 2 N–H and O–H groups in total. The Morgan fingerprint density at radius 3 is 2.42 bits per heavy atom. The van der Waals surface area contributed by atoms with Crippen LogP contribution in [0, 0.1) is 0 Å². The number of piperazine rings is 1. The number of halogens is 4. The number of nitrogens with zero attached hydrogens (tertiary/aromatic N) is 8. The average molecular weight is 744 g/mol.